The molecule has 0 aliphatic heterocycles. The van der Waals surface area contributed by atoms with E-state index in [0.29, 0.717) is 32.9 Å². The first-order chi connectivity index (χ1) is 12.9. The summed E-state index contributed by atoms with van der Waals surface area (Å²) in [6.07, 6.45) is 3.07. The molecule has 2 aromatic rings. The Hall–Kier alpha value is -2.37. The molecule has 1 atom stereocenters. The van der Waals surface area contributed by atoms with Gasteiger partial charge in [0.25, 0.3) is 0 Å². The van der Waals surface area contributed by atoms with E-state index in [1.165, 1.54) is 6.08 Å². The minimum absolute atomic E-state index is 0.273. The number of methoxy groups -OCH3 is 3. The Morgan fingerprint density at radius 1 is 1.00 bits per heavy atom. The lowest BCUT2D eigenvalue weighted by Crippen LogP contribution is -2.24. The van der Waals surface area contributed by atoms with Crippen LogP contribution in [0.25, 0.3) is 6.08 Å². The topological polar surface area (TPSA) is 56.8 Å². The van der Waals surface area contributed by atoms with Crippen molar-refractivity contribution in [2.24, 2.45) is 0 Å². The second-order valence-electron chi connectivity index (χ2n) is 5.68. The number of hydrogen-bond acceptors (Lipinski definition) is 4. The molecular weight excluding hydrogens is 389 g/mol. The number of nitrogens with one attached hydrogen (secondary N) is 1. The molecule has 0 aliphatic rings. The minimum atomic E-state index is -0.279. The molecule has 27 heavy (non-hydrogen) atoms. The van der Waals surface area contributed by atoms with Gasteiger partial charge >= 0.3 is 0 Å². The second kappa shape index (κ2) is 9.53. The van der Waals surface area contributed by atoms with E-state index in [1.54, 1.807) is 57.7 Å². The van der Waals surface area contributed by atoms with Crippen molar-refractivity contribution < 1.29 is 19.0 Å². The van der Waals surface area contributed by atoms with Crippen molar-refractivity contribution in [2.75, 3.05) is 21.3 Å². The van der Waals surface area contributed by atoms with Crippen LogP contribution in [0.4, 0.5) is 0 Å². The Morgan fingerprint density at radius 2 is 1.63 bits per heavy atom. The SMILES string of the molecule is COc1cc(OC)c(OC)cc1/C=C/C(=O)N[C@@H](C)c1ccc(Cl)cc1Cl. The first-order valence-electron chi connectivity index (χ1n) is 8.13. The molecule has 0 saturated heterocycles. The maximum atomic E-state index is 12.3. The molecule has 2 aromatic carbocycles. The molecule has 0 aromatic heterocycles. The van der Waals surface area contributed by atoms with Crippen LogP contribution in [0, 0.1) is 0 Å². The highest BCUT2D eigenvalue weighted by Gasteiger charge is 2.13. The standard InChI is InChI=1S/C20H21Cl2NO4/c1-12(15-7-6-14(21)10-16(15)22)23-20(24)8-5-13-9-18(26-3)19(27-4)11-17(13)25-2/h5-12H,1-4H3,(H,23,24)/b8-5+/t12-/m0/s1. The fourth-order valence-corrected chi connectivity index (χ4v) is 3.11. The summed E-state index contributed by atoms with van der Waals surface area (Å²) in [6, 6.07) is 8.32. The van der Waals surface area contributed by atoms with Gasteiger partial charge < -0.3 is 19.5 Å². The average molecular weight is 410 g/mol. The Bertz CT molecular complexity index is 852. The lowest BCUT2D eigenvalue weighted by molar-refractivity contribution is -0.117. The smallest absolute Gasteiger partial charge is 0.244 e. The normalized spacial score (nSPS) is 11.9. The molecule has 0 aliphatic carbocycles. The zero-order valence-corrected chi connectivity index (χ0v) is 17.0. The van der Waals surface area contributed by atoms with E-state index in [9.17, 15) is 4.79 Å². The van der Waals surface area contributed by atoms with E-state index in [4.69, 9.17) is 37.4 Å². The summed E-state index contributed by atoms with van der Waals surface area (Å²) in [5, 5.41) is 3.91. The molecule has 0 saturated carbocycles. The van der Waals surface area contributed by atoms with E-state index < -0.39 is 0 Å². The van der Waals surface area contributed by atoms with Gasteiger partial charge in [-0.05, 0) is 36.8 Å². The largest absolute Gasteiger partial charge is 0.496 e. The number of hydrogen-bond donors (Lipinski definition) is 1. The zero-order chi connectivity index (χ0) is 20.0. The minimum Gasteiger partial charge on any atom is -0.496 e. The molecule has 144 valence electrons. The Balaban J connectivity index is 2.16. The van der Waals surface area contributed by atoms with E-state index in [-0.39, 0.29) is 11.9 Å². The van der Waals surface area contributed by atoms with E-state index in [0.717, 1.165) is 5.56 Å². The third-order valence-electron chi connectivity index (χ3n) is 3.94. The lowest BCUT2D eigenvalue weighted by Gasteiger charge is -2.15. The van der Waals surface area contributed by atoms with Crippen LogP contribution in [-0.4, -0.2) is 27.2 Å². The third-order valence-corrected chi connectivity index (χ3v) is 4.50. The fourth-order valence-electron chi connectivity index (χ4n) is 2.54. The number of ether oxygens (including phenoxy) is 3. The van der Waals surface area contributed by atoms with E-state index >= 15 is 0 Å². The fraction of sp³-hybridized carbons (Fsp3) is 0.250. The molecule has 5 nitrogen and oxygen atoms in total. The van der Waals surface area contributed by atoms with Gasteiger partial charge in [-0.2, -0.15) is 0 Å². The van der Waals surface area contributed by atoms with Crippen LogP contribution in [-0.2, 0) is 4.79 Å². The van der Waals surface area contributed by atoms with Crippen molar-refractivity contribution >= 4 is 35.2 Å². The van der Waals surface area contributed by atoms with Crippen LogP contribution in [0.2, 0.25) is 10.0 Å². The molecule has 1 N–H and O–H groups in total. The van der Waals surface area contributed by atoms with Crippen molar-refractivity contribution in [2.45, 2.75) is 13.0 Å². The predicted molar refractivity (Wildman–Crippen MR) is 108 cm³/mol. The summed E-state index contributed by atoms with van der Waals surface area (Å²) in [6.45, 7) is 1.85. The number of benzene rings is 2. The number of halogens is 2. The highest BCUT2D eigenvalue weighted by Crippen LogP contribution is 2.35. The van der Waals surface area contributed by atoms with Crippen molar-refractivity contribution in [3.63, 3.8) is 0 Å². The molecular formula is C20H21Cl2NO4. The highest BCUT2D eigenvalue weighted by molar-refractivity contribution is 6.35. The zero-order valence-electron chi connectivity index (χ0n) is 15.5. The van der Waals surface area contributed by atoms with E-state index in [1.807, 2.05) is 6.92 Å². The molecule has 0 heterocycles. The first-order valence-corrected chi connectivity index (χ1v) is 8.88. The van der Waals surface area contributed by atoms with Crippen LogP contribution in [0.5, 0.6) is 17.2 Å². The molecule has 0 unspecified atom stereocenters. The van der Waals surface area contributed by atoms with Crippen molar-refractivity contribution in [1.29, 1.82) is 0 Å². The molecule has 0 radical (unpaired) electrons. The van der Waals surface area contributed by atoms with Crippen molar-refractivity contribution in [1.82, 2.24) is 5.32 Å². The van der Waals surface area contributed by atoms with Gasteiger partial charge in [0.05, 0.1) is 27.4 Å². The van der Waals surface area contributed by atoms with Gasteiger partial charge in [0.2, 0.25) is 5.91 Å². The second-order valence-corrected chi connectivity index (χ2v) is 6.52. The maximum Gasteiger partial charge on any atom is 0.244 e. The number of amides is 1. The summed E-state index contributed by atoms with van der Waals surface area (Å²) in [4.78, 5) is 12.3. The van der Waals surface area contributed by atoms with Gasteiger partial charge in [-0.25, -0.2) is 0 Å². The summed E-state index contributed by atoms with van der Waals surface area (Å²) in [5.74, 6) is 1.37. The van der Waals surface area contributed by atoms with Gasteiger partial charge in [0.1, 0.15) is 5.75 Å². The molecule has 7 heteroatoms. The van der Waals surface area contributed by atoms with Gasteiger partial charge in [-0.3, -0.25) is 4.79 Å². The Morgan fingerprint density at radius 3 is 2.22 bits per heavy atom. The summed E-state index contributed by atoms with van der Waals surface area (Å²) >= 11 is 12.1. The number of rotatable bonds is 7. The average Bonchev–Trinajstić information content (AvgIpc) is 2.65. The van der Waals surface area contributed by atoms with Gasteiger partial charge in [0, 0.05) is 27.8 Å². The van der Waals surface area contributed by atoms with Gasteiger partial charge in [-0.1, -0.05) is 29.3 Å². The Labute approximate surface area is 168 Å². The number of carbonyl (C=O) groups excluding carboxylic acids is 1. The third kappa shape index (κ3) is 5.31. The van der Waals surface area contributed by atoms with Gasteiger partial charge in [-0.15, -0.1) is 0 Å². The van der Waals surface area contributed by atoms with Crippen molar-refractivity contribution in [3.05, 3.63) is 57.6 Å². The molecule has 0 bridgehead atoms. The lowest BCUT2D eigenvalue weighted by atomic mass is 10.1. The Kier molecular flexibility index (Phi) is 7.39. The quantitative estimate of drug-likeness (QED) is 0.659. The molecule has 0 fully saturated rings. The molecule has 0 spiro atoms. The van der Waals surface area contributed by atoms with Crippen LogP contribution in [0.3, 0.4) is 0 Å². The maximum absolute atomic E-state index is 12.3. The van der Waals surface area contributed by atoms with E-state index in [2.05, 4.69) is 5.32 Å². The summed E-state index contributed by atoms with van der Waals surface area (Å²) < 4.78 is 15.9. The monoisotopic (exact) mass is 409 g/mol. The predicted octanol–water partition coefficient (Wildman–Crippen LogP) is 4.91. The van der Waals surface area contributed by atoms with Crippen LogP contribution >= 0.6 is 23.2 Å². The van der Waals surface area contributed by atoms with Crippen LogP contribution in [0.1, 0.15) is 24.1 Å². The van der Waals surface area contributed by atoms with Crippen LogP contribution in [0.15, 0.2) is 36.4 Å². The molecule has 2 rings (SSSR count). The number of carbonyl (C=O) groups is 1. The highest BCUT2D eigenvalue weighted by atomic mass is 35.5. The first kappa shape index (κ1) is 20.9. The summed E-state index contributed by atoms with van der Waals surface area (Å²) in [5.41, 5.74) is 1.47. The van der Waals surface area contributed by atoms with Crippen molar-refractivity contribution in [3.8, 4) is 17.2 Å². The van der Waals surface area contributed by atoms with Gasteiger partial charge in [0.15, 0.2) is 11.5 Å². The summed E-state index contributed by atoms with van der Waals surface area (Å²) in [7, 11) is 4.63. The van der Waals surface area contributed by atoms with Crippen LogP contribution < -0.4 is 19.5 Å². The molecule has 1 amide bonds.